The van der Waals surface area contributed by atoms with Crippen molar-refractivity contribution in [2.75, 3.05) is 25.5 Å². The number of nitrogens with zero attached hydrogens (tertiary/aromatic N) is 3. The van der Waals surface area contributed by atoms with Gasteiger partial charge in [-0.1, -0.05) is 35.0 Å². The molecule has 0 spiro atoms. The second-order valence-corrected chi connectivity index (χ2v) is 7.62. The number of fused-ring (bicyclic) bond motifs is 1. The van der Waals surface area contributed by atoms with Crippen LogP contribution in [0.1, 0.15) is 23.8 Å². The maximum Gasteiger partial charge on any atom is 0.228 e. The van der Waals surface area contributed by atoms with Crippen molar-refractivity contribution in [3.63, 3.8) is 0 Å². The second kappa shape index (κ2) is 11.3. The minimum absolute atomic E-state index is 0. The number of guanidine groups is 1. The third-order valence-corrected chi connectivity index (χ3v) is 5.30. The third-order valence-electron chi connectivity index (χ3n) is 5.05. The Kier molecular flexibility index (Phi) is 8.46. The zero-order valence-corrected chi connectivity index (χ0v) is 20.6. The first-order chi connectivity index (χ1) is 15.1. The van der Waals surface area contributed by atoms with E-state index in [2.05, 4.69) is 31.1 Å². The molecule has 168 valence electrons. The molecule has 0 saturated heterocycles. The summed E-state index contributed by atoms with van der Waals surface area (Å²) < 4.78 is 5.33. The Labute approximate surface area is 208 Å². The molecule has 0 fully saturated rings. The number of anilines is 1. The highest BCUT2D eigenvalue weighted by molar-refractivity contribution is 14.0. The van der Waals surface area contributed by atoms with E-state index in [4.69, 9.17) is 16.1 Å². The molecule has 0 bridgehead atoms. The highest BCUT2D eigenvalue weighted by atomic mass is 127. The van der Waals surface area contributed by atoms with Crippen LogP contribution in [0, 0.1) is 0 Å². The zero-order valence-electron chi connectivity index (χ0n) is 17.5. The van der Waals surface area contributed by atoms with E-state index in [1.165, 1.54) is 0 Å². The van der Waals surface area contributed by atoms with Crippen molar-refractivity contribution < 1.29 is 9.32 Å². The summed E-state index contributed by atoms with van der Waals surface area (Å²) in [5.41, 5.74) is 2.86. The molecule has 8 nitrogen and oxygen atoms in total. The lowest BCUT2D eigenvalue weighted by atomic mass is 9.90. The first kappa shape index (κ1) is 24.0. The molecule has 1 unspecified atom stereocenters. The van der Waals surface area contributed by atoms with Crippen molar-refractivity contribution in [1.82, 2.24) is 20.8 Å². The molecule has 0 saturated carbocycles. The summed E-state index contributed by atoms with van der Waals surface area (Å²) in [5.74, 6) is 1.83. The standard InChI is InChI=1S/C22H23ClN6O2.HI/c1-24-22(26-13-15-12-19(30)27-18-5-3-2-4-17(15)18)25-11-10-20-28-21(29-31-20)14-6-8-16(23)9-7-14;/h2-9,15H,10-13H2,1H3,(H,27,30)(H2,24,25,26);1H. The molecule has 1 amide bonds. The Morgan fingerprint density at radius 1 is 1.22 bits per heavy atom. The molecule has 32 heavy (non-hydrogen) atoms. The summed E-state index contributed by atoms with van der Waals surface area (Å²) in [6, 6.07) is 15.2. The van der Waals surface area contributed by atoms with Gasteiger partial charge in [-0.05, 0) is 35.9 Å². The molecule has 1 aliphatic rings. The molecule has 1 aromatic heterocycles. The Balaban J connectivity index is 0.00000289. The van der Waals surface area contributed by atoms with Crippen molar-refractivity contribution in [1.29, 1.82) is 0 Å². The molecule has 10 heteroatoms. The van der Waals surface area contributed by atoms with Crippen molar-refractivity contribution in [3.8, 4) is 11.4 Å². The highest BCUT2D eigenvalue weighted by Crippen LogP contribution is 2.31. The van der Waals surface area contributed by atoms with Crippen LogP contribution in [-0.2, 0) is 11.2 Å². The van der Waals surface area contributed by atoms with E-state index in [0.29, 0.717) is 48.6 Å². The molecule has 3 aromatic rings. The Hall–Kier alpha value is -2.66. The lowest BCUT2D eigenvalue weighted by Crippen LogP contribution is -2.41. The molecule has 1 atom stereocenters. The molecule has 3 N–H and O–H groups in total. The van der Waals surface area contributed by atoms with E-state index >= 15 is 0 Å². The van der Waals surface area contributed by atoms with Crippen LogP contribution in [0.2, 0.25) is 5.02 Å². The number of hydrogen-bond acceptors (Lipinski definition) is 5. The van der Waals surface area contributed by atoms with Crippen molar-refractivity contribution in [2.45, 2.75) is 18.8 Å². The normalized spacial score (nSPS) is 15.4. The van der Waals surface area contributed by atoms with Gasteiger partial charge in [-0.15, -0.1) is 24.0 Å². The van der Waals surface area contributed by atoms with Gasteiger partial charge in [-0.2, -0.15) is 4.98 Å². The number of amides is 1. The predicted octanol–water partition coefficient (Wildman–Crippen LogP) is 3.84. The SMILES string of the molecule is CN=C(NCCc1nc(-c2ccc(Cl)cc2)no1)NCC1CC(=O)Nc2ccccc21.I. The van der Waals surface area contributed by atoms with E-state index in [9.17, 15) is 4.79 Å². The van der Waals surface area contributed by atoms with Crippen LogP contribution < -0.4 is 16.0 Å². The summed E-state index contributed by atoms with van der Waals surface area (Å²) in [4.78, 5) is 20.7. The predicted molar refractivity (Wildman–Crippen MR) is 136 cm³/mol. The van der Waals surface area contributed by atoms with Gasteiger partial charge in [-0.25, -0.2) is 0 Å². The Morgan fingerprint density at radius 2 is 2.00 bits per heavy atom. The van der Waals surface area contributed by atoms with E-state index < -0.39 is 0 Å². The first-order valence-electron chi connectivity index (χ1n) is 10.0. The summed E-state index contributed by atoms with van der Waals surface area (Å²) in [5, 5.41) is 14.1. The fourth-order valence-corrected chi connectivity index (χ4v) is 3.61. The van der Waals surface area contributed by atoms with Gasteiger partial charge in [0.25, 0.3) is 0 Å². The van der Waals surface area contributed by atoms with Crippen molar-refractivity contribution in [2.24, 2.45) is 4.99 Å². The van der Waals surface area contributed by atoms with Gasteiger partial charge in [0, 0.05) is 55.2 Å². The van der Waals surface area contributed by atoms with Gasteiger partial charge in [-0.3, -0.25) is 9.79 Å². The number of carbonyl (C=O) groups excluding carboxylic acids is 1. The summed E-state index contributed by atoms with van der Waals surface area (Å²) in [6.45, 7) is 1.18. The number of carbonyl (C=O) groups is 1. The smallest absolute Gasteiger partial charge is 0.228 e. The molecule has 0 aliphatic carbocycles. The molecular weight excluding hydrogens is 543 g/mol. The Morgan fingerprint density at radius 3 is 2.78 bits per heavy atom. The average molecular weight is 567 g/mol. The van der Waals surface area contributed by atoms with Crippen LogP contribution in [0.15, 0.2) is 58.0 Å². The fourth-order valence-electron chi connectivity index (χ4n) is 3.48. The van der Waals surface area contributed by atoms with E-state index in [1.54, 1.807) is 19.2 Å². The van der Waals surface area contributed by atoms with Gasteiger partial charge in [0.15, 0.2) is 5.96 Å². The molecule has 1 aliphatic heterocycles. The van der Waals surface area contributed by atoms with Crippen molar-refractivity contribution in [3.05, 3.63) is 65.0 Å². The molecule has 2 heterocycles. The van der Waals surface area contributed by atoms with E-state index in [1.807, 2.05) is 36.4 Å². The van der Waals surface area contributed by atoms with Crippen LogP contribution in [0.3, 0.4) is 0 Å². The summed E-state index contributed by atoms with van der Waals surface area (Å²) in [6.07, 6.45) is 0.992. The average Bonchev–Trinajstić information content (AvgIpc) is 3.25. The van der Waals surface area contributed by atoms with Gasteiger partial charge < -0.3 is 20.5 Å². The van der Waals surface area contributed by atoms with Crippen LogP contribution in [0.25, 0.3) is 11.4 Å². The fraction of sp³-hybridized carbons (Fsp3) is 0.273. The number of aromatic nitrogens is 2. The monoisotopic (exact) mass is 566 g/mol. The number of nitrogens with one attached hydrogen (secondary N) is 3. The lowest BCUT2D eigenvalue weighted by molar-refractivity contribution is -0.116. The molecule has 2 aromatic carbocycles. The van der Waals surface area contributed by atoms with Gasteiger partial charge in [0.1, 0.15) is 0 Å². The topological polar surface area (TPSA) is 104 Å². The number of halogens is 2. The first-order valence-corrected chi connectivity index (χ1v) is 10.4. The van der Waals surface area contributed by atoms with Gasteiger partial charge in [0.2, 0.25) is 17.6 Å². The Bertz CT molecular complexity index is 1090. The van der Waals surface area contributed by atoms with Gasteiger partial charge >= 0.3 is 0 Å². The largest absolute Gasteiger partial charge is 0.356 e. The number of rotatable bonds is 6. The lowest BCUT2D eigenvalue weighted by Gasteiger charge is -2.26. The van der Waals surface area contributed by atoms with Crippen LogP contribution in [-0.4, -0.2) is 42.1 Å². The van der Waals surface area contributed by atoms with Gasteiger partial charge in [0.05, 0.1) is 0 Å². The molecular formula is C22H24ClIN6O2. The maximum atomic E-state index is 12.0. The molecule has 0 radical (unpaired) electrons. The maximum absolute atomic E-state index is 12.0. The van der Waals surface area contributed by atoms with E-state index in [-0.39, 0.29) is 35.8 Å². The number of aliphatic imine (C=N–C) groups is 1. The summed E-state index contributed by atoms with van der Waals surface area (Å²) >= 11 is 5.91. The highest BCUT2D eigenvalue weighted by Gasteiger charge is 2.24. The van der Waals surface area contributed by atoms with Crippen LogP contribution in [0.4, 0.5) is 5.69 Å². The second-order valence-electron chi connectivity index (χ2n) is 7.18. The van der Waals surface area contributed by atoms with E-state index in [0.717, 1.165) is 16.8 Å². The third kappa shape index (κ3) is 5.98. The number of benzene rings is 2. The summed E-state index contributed by atoms with van der Waals surface area (Å²) in [7, 11) is 1.71. The number of hydrogen-bond donors (Lipinski definition) is 3. The van der Waals surface area contributed by atoms with Crippen LogP contribution in [0.5, 0.6) is 0 Å². The minimum Gasteiger partial charge on any atom is -0.356 e. The van der Waals surface area contributed by atoms with Crippen LogP contribution >= 0.6 is 35.6 Å². The quantitative estimate of drug-likeness (QED) is 0.238. The zero-order chi connectivity index (χ0) is 21.6. The minimum atomic E-state index is 0. The number of para-hydroxylation sites is 1. The van der Waals surface area contributed by atoms with Crippen molar-refractivity contribution >= 4 is 53.1 Å². The molecule has 4 rings (SSSR count).